The molecule has 0 unspecified atom stereocenters. The van der Waals surface area contributed by atoms with Gasteiger partial charge in [-0.1, -0.05) is 13.8 Å². The topological polar surface area (TPSA) is 4.93 Å². The van der Waals surface area contributed by atoms with Gasteiger partial charge in [-0.3, -0.25) is 0 Å². The monoisotopic (exact) mass is 153 g/mol. The molecule has 0 N–H and O–H groups in total. The summed E-state index contributed by atoms with van der Waals surface area (Å²) in [7, 11) is -0.0391. The Morgan fingerprint density at radius 2 is 2.20 bits per heavy atom. The molecule has 56 valence electrons. The number of rotatable bonds is 2. The quantitative estimate of drug-likeness (QED) is 0.568. The van der Waals surface area contributed by atoms with Crippen LogP contribution in [0.2, 0.25) is 5.54 Å². The molecule has 0 aliphatic carbocycles. The molecule has 0 aliphatic rings. The van der Waals surface area contributed by atoms with Crippen LogP contribution in [0.3, 0.4) is 0 Å². The largest absolute Gasteiger partial charge is 0.386 e. The molecule has 1 heterocycles. The highest BCUT2D eigenvalue weighted by Crippen LogP contribution is 2.02. The van der Waals surface area contributed by atoms with Crippen LogP contribution in [0.1, 0.15) is 19.4 Å². The maximum atomic E-state index is 2.38. The summed E-state index contributed by atoms with van der Waals surface area (Å²) < 4.78 is 2.38. The highest BCUT2D eigenvalue weighted by atomic mass is 28.2. The second kappa shape index (κ2) is 3.06. The van der Waals surface area contributed by atoms with Crippen molar-refractivity contribution < 1.29 is 0 Å². The molecule has 1 aromatic rings. The SMILES string of the molecule is Cc1ccn([SiH2]C(C)C)c1. The Morgan fingerprint density at radius 3 is 2.60 bits per heavy atom. The third kappa shape index (κ3) is 2.03. The van der Waals surface area contributed by atoms with Gasteiger partial charge in [0.05, 0.1) is 0 Å². The van der Waals surface area contributed by atoms with Gasteiger partial charge in [0.2, 0.25) is 0 Å². The predicted molar refractivity (Wildman–Crippen MR) is 48.2 cm³/mol. The Hall–Kier alpha value is -0.503. The third-order valence-electron chi connectivity index (χ3n) is 1.47. The molecule has 1 rings (SSSR count). The van der Waals surface area contributed by atoms with Gasteiger partial charge in [0, 0.05) is 0 Å². The Morgan fingerprint density at radius 1 is 1.50 bits per heavy atom. The van der Waals surface area contributed by atoms with Crippen LogP contribution < -0.4 is 0 Å². The molecule has 0 fully saturated rings. The Labute approximate surface area is 65.0 Å². The molecule has 1 aromatic heterocycles. The molecule has 1 nitrogen and oxygen atoms in total. The van der Waals surface area contributed by atoms with Gasteiger partial charge in [-0.05, 0) is 36.5 Å². The van der Waals surface area contributed by atoms with Crippen molar-refractivity contribution in [2.24, 2.45) is 0 Å². The molecule has 0 radical (unpaired) electrons. The molecule has 0 aliphatic heterocycles. The summed E-state index contributed by atoms with van der Waals surface area (Å²) in [5.74, 6) is 0. The lowest BCUT2D eigenvalue weighted by atomic mass is 10.4. The first-order valence-electron chi connectivity index (χ1n) is 3.81. The number of aromatic nitrogens is 1. The summed E-state index contributed by atoms with van der Waals surface area (Å²) >= 11 is 0. The summed E-state index contributed by atoms with van der Waals surface area (Å²) in [6.45, 7) is 6.73. The highest BCUT2D eigenvalue weighted by Gasteiger charge is 1.96. The van der Waals surface area contributed by atoms with Gasteiger partial charge in [-0.2, -0.15) is 0 Å². The fraction of sp³-hybridized carbons (Fsp3) is 0.500. The zero-order valence-electron chi connectivity index (χ0n) is 6.96. The molecule has 0 saturated heterocycles. The first kappa shape index (κ1) is 7.60. The van der Waals surface area contributed by atoms with Crippen molar-refractivity contribution in [2.45, 2.75) is 26.3 Å². The van der Waals surface area contributed by atoms with E-state index in [2.05, 4.69) is 43.5 Å². The first-order valence-corrected chi connectivity index (χ1v) is 5.26. The van der Waals surface area contributed by atoms with E-state index in [1.165, 1.54) is 5.56 Å². The minimum atomic E-state index is -0.0391. The normalized spacial score (nSPS) is 12.0. The molecule has 0 aromatic carbocycles. The van der Waals surface area contributed by atoms with E-state index in [1.54, 1.807) is 0 Å². The first-order chi connectivity index (χ1) is 4.68. The molecule has 0 atom stereocenters. The average molecular weight is 153 g/mol. The average Bonchev–Trinajstić information content (AvgIpc) is 2.13. The van der Waals surface area contributed by atoms with Gasteiger partial charge in [0.1, 0.15) is 9.68 Å². The fourth-order valence-corrected chi connectivity index (χ4v) is 2.56. The Kier molecular flexibility index (Phi) is 2.32. The van der Waals surface area contributed by atoms with Crippen molar-refractivity contribution in [1.29, 1.82) is 0 Å². The second-order valence-corrected chi connectivity index (χ2v) is 6.01. The zero-order valence-corrected chi connectivity index (χ0v) is 8.38. The van der Waals surface area contributed by atoms with E-state index in [9.17, 15) is 0 Å². The van der Waals surface area contributed by atoms with Gasteiger partial charge in [0.25, 0.3) is 0 Å². The highest BCUT2D eigenvalue weighted by molar-refractivity contribution is 6.35. The van der Waals surface area contributed by atoms with Crippen molar-refractivity contribution in [1.82, 2.24) is 4.23 Å². The lowest BCUT2D eigenvalue weighted by Gasteiger charge is -2.03. The summed E-state index contributed by atoms with van der Waals surface area (Å²) in [5, 5.41) is 0. The smallest absolute Gasteiger partial charge is 0.131 e. The predicted octanol–water partition coefficient (Wildman–Crippen LogP) is 1.56. The molecule has 0 amide bonds. The van der Waals surface area contributed by atoms with Crippen molar-refractivity contribution in [3.8, 4) is 0 Å². The molecule has 2 heteroatoms. The van der Waals surface area contributed by atoms with Crippen molar-refractivity contribution in [3.05, 3.63) is 24.0 Å². The van der Waals surface area contributed by atoms with Gasteiger partial charge in [-0.25, -0.2) is 0 Å². The summed E-state index contributed by atoms with van der Waals surface area (Å²) in [6.07, 6.45) is 4.44. The van der Waals surface area contributed by atoms with Crippen molar-refractivity contribution >= 4 is 9.68 Å². The molecule has 10 heavy (non-hydrogen) atoms. The van der Waals surface area contributed by atoms with Gasteiger partial charge < -0.3 is 4.23 Å². The van der Waals surface area contributed by atoms with E-state index in [1.807, 2.05) is 0 Å². The van der Waals surface area contributed by atoms with Crippen LogP contribution in [0, 0.1) is 6.92 Å². The molecular weight excluding hydrogens is 138 g/mol. The number of hydrogen-bond donors (Lipinski definition) is 0. The standard InChI is InChI=1S/C8H15NSi/c1-7(2)10-9-5-4-8(3)6-9/h4-7H,10H2,1-3H3. The Bertz CT molecular complexity index is 203. The maximum Gasteiger partial charge on any atom is 0.131 e. The lowest BCUT2D eigenvalue weighted by molar-refractivity contribution is 1.01. The third-order valence-corrected chi connectivity index (χ3v) is 3.02. The van der Waals surface area contributed by atoms with Crippen LogP contribution in [-0.4, -0.2) is 13.9 Å². The second-order valence-electron chi connectivity index (χ2n) is 3.28. The van der Waals surface area contributed by atoms with Crippen LogP contribution >= 0.6 is 0 Å². The summed E-state index contributed by atoms with van der Waals surface area (Å²) in [6, 6.07) is 2.18. The molecule has 0 bridgehead atoms. The van der Waals surface area contributed by atoms with Crippen LogP contribution in [0.25, 0.3) is 0 Å². The Balaban J connectivity index is 2.58. The van der Waals surface area contributed by atoms with E-state index >= 15 is 0 Å². The minimum absolute atomic E-state index is 0.0391. The van der Waals surface area contributed by atoms with Gasteiger partial charge in [-0.15, -0.1) is 0 Å². The number of nitrogens with zero attached hydrogens (tertiary/aromatic N) is 1. The van der Waals surface area contributed by atoms with Gasteiger partial charge in [0.15, 0.2) is 0 Å². The summed E-state index contributed by atoms with van der Waals surface area (Å²) in [4.78, 5) is 0. The zero-order chi connectivity index (χ0) is 7.56. The van der Waals surface area contributed by atoms with E-state index in [0.29, 0.717) is 0 Å². The van der Waals surface area contributed by atoms with Crippen LogP contribution in [0.4, 0.5) is 0 Å². The minimum Gasteiger partial charge on any atom is -0.386 e. The molecule has 0 spiro atoms. The summed E-state index contributed by atoms with van der Waals surface area (Å²) in [5.41, 5.74) is 2.26. The molecule has 0 saturated carbocycles. The molecular formula is C8H15NSi. The lowest BCUT2D eigenvalue weighted by Crippen LogP contribution is -2.06. The van der Waals surface area contributed by atoms with E-state index in [0.717, 1.165) is 5.54 Å². The van der Waals surface area contributed by atoms with Gasteiger partial charge >= 0.3 is 0 Å². The maximum absolute atomic E-state index is 2.38. The van der Waals surface area contributed by atoms with Crippen molar-refractivity contribution in [3.63, 3.8) is 0 Å². The van der Waals surface area contributed by atoms with E-state index in [-0.39, 0.29) is 9.68 Å². The van der Waals surface area contributed by atoms with Crippen LogP contribution in [0.15, 0.2) is 18.5 Å². The number of aryl methyl sites for hydroxylation is 1. The van der Waals surface area contributed by atoms with Crippen LogP contribution in [0.5, 0.6) is 0 Å². The van der Waals surface area contributed by atoms with Crippen LogP contribution in [-0.2, 0) is 0 Å². The van der Waals surface area contributed by atoms with E-state index < -0.39 is 0 Å². The van der Waals surface area contributed by atoms with E-state index in [4.69, 9.17) is 0 Å². The number of hydrogen-bond acceptors (Lipinski definition) is 0. The van der Waals surface area contributed by atoms with Crippen molar-refractivity contribution in [2.75, 3.05) is 0 Å². The fourth-order valence-electron chi connectivity index (χ4n) is 1.10.